The Morgan fingerprint density at radius 2 is 2.31 bits per heavy atom. The smallest absolute Gasteiger partial charge is 0.222 e. The lowest BCUT2D eigenvalue weighted by atomic mass is 10.0. The molecule has 1 saturated heterocycles. The molecule has 1 fully saturated rings. The average Bonchev–Trinajstić information content (AvgIpc) is 2.03. The van der Waals surface area contributed by atoms with Gasteiger partial charge in [0.2, 0.25) is 5.91 Å². The lowest BCUT2D eigenvalue weighted by molar-refractivity contribution is -0.133. The Balaban J connectivity index is 2.37. The van der Waals surface area contributed by atoms with Crippen molar-refractivity contribution in [3.05, 3.63) is 0 Å². The topological polar surface area (TPSA) is 46.3 Å². The van der Waals surface area contributed by atoms with Gasteiger partial charge < -0.3 is 10.6 Å². The molecule has 0 radical (unpaired) electrons. The molecule has 1 heterocycles. The van der Waals surface area contributed by atoms with Gasteiger partial charge in [-0.1, -0.05) is 13.8 Å². The predicted molar refractivity (Wildman–Crippen MR) is 53.2 cm³/mol. The van der Waals surface area contributed by atoms with Crippen molar-refractivity contribution in [3.8, 4) is 0 Å². The molecular weight excluding hydrogens is 164 g/mol. The molecule has 1 aliphatic rings. The average molecular weight is 184 g/mol. The number of nitrogens with two attached hydrogens (primary N) is 1. The van der Waals surface area contributed by atoms with Crippen molar-refractivity contribution in [2.45, 2.75) is 39.2 Å². The van der Waals surface area contributed by atoms with Gasteiger partial charge in [0.05, 0.1) is 0 Å². The first-order chi connectivity index (χ1) is 6.09. The van der Waals surface area contributed by atoms with Gasteiger partial charge in [0.1, 0.15) is 0 Å². The molecule has 0 aliphatic carbocycles. The van der Waals surface area contributed by atoms with Crippen LogP contribution in [0.4, 0.5) is 0 Å². The molecule has 1 aliphatic heterocycles. The monoisotopic (exact) mass is 184 g/mol. The molecule has 3 nitrogen and oxygen atoms in total. The minimum Gasteiger partial charge on any atom is -0.341 e. The molecule has 3 heteroatoms. The molecule has 1 rings (SSSR count). The second kappa shape index (κ2) is 4.61. The van der Waals surface area contributed by atoms with Crippen molar-refractivity contribution >= 4 is 5.91 Å². The van der Waals surface area contributed by atoms with Crippen LogP contribution in [0.2, 0.25) is 0 Å². The van der Waals surface area contributed by atoms with E-state index >= 15 is 0 Å². The molecule has 0 bridgehead atoms. The van der Waals surface area contributed by atoms with Gasteiger partial charge in [0.25, 0.3) is 0 Å². The van der Waals surface area contributed by atoms with Gasteiger partial charge in [-0.25, -0.2) is 0 Å². The predicted octanol–water partition coefficient (Wildman–Crippen LogP) is 0.982. The number of hydrogen-bond acceptors (Lipinski definition) is 2. The second-order valence-electron chi connectivity index (χ2n) is 4.34. The molecule has 76 valence electrons. The number of piperidine rings is 1. The zero-order chi connectivity index (χ0) is 9.84. The highest BCUT2D eigenvalue weighted by Gasteiger charge is 2.21. The van der Waals surface area contributed by atoms with E-state index in [1.807, 2.05) is 4.90 Å². The molecule has 0 saturated carbocycles. The van der Waals surface area contributed by atoms with Crippen LogP contribution in [-0.2, 0) is 4.79 Å². The Morgan fingerprint density at radius 3 is 2.85 bits per heavy atom. The van der Waals surface area contributed by atoms with E-state index in [9.17, 15) is 4.79 Å². The Kier molecular flexibility index (Phi) is 3.72. The van der Waals surface area contributed by atoms with Crippen LogP contribution in [0, 0.1) is 5.92 Å². The normalized spacial score (nSPS) is 23.7. The lowest BCUT2D eigenvalue weighted by Crippen LogP contribution is -2.45. The van der Waals surface area contributed by atoms with Crippen molar-refractivity contribution in [2.24, 2.45) is 11.7 Å². The maximum atomic E-state index is 11.6. The molecule has 0 spiro atoms. The van der Waals surface area contributed by atoms with Crippen molar-refractivity contribution < 1.29 is 4.79 Å². The highest BCUT2D eigenvalue weighted by Crippen LogP contribution is 2.11. The molecular formula is C10H20N2O. The molecule has 0 aromatic rings. The largest absolute Gasteiger partial charge is 0.341 e. The molecule has 1 atom stereocenters. The second-order valence-corrected chi connectivity index (χ2v) is 4.34. The van der Waals surface area contributed by atoms with Crippen LogP contribution in [-0.4, -0.2) is 29.9 Å². The summed E-state index contributed by atoms with van der Waals surface area (Å²) in [6.07, 6.45) is 2.78. The van der Waals surface area contributed by atoms with Crippen LogP contribution in [0.3, 0.4) is 0 Å². The lowest BCUT2D eigenvalue weighted by Gasteiger charge is -2.31. The van der Waals surface area contributed by atoms with E-state index < -0.39 is 0 Å². The Morgan fingerprint density at radius 1 is 1.62 bits per heavy atom. The third-order valence-corrected chi connectivity index (χ3v) is 2.39. The fraction of sp³-hybridized carbons (Fsp3) is 0.900. The molecule has 2 N–H and O–H groups in total. The highest BCUT2D eigenvalue weighted by molar-refractivity contribution is 5.76. The van der Waals surface area contributed by atoms with E-state index in [-0.39, 0.29) is 11.9 Å². The summed E-state index contributed by atoms with van der Waals surface area (Å²) in [4.78, 5) is 13.5. The summed E-state index contributed by atoms with van der Waals surface area (Å²) < 4.78 is 0. The summed E-state index contributed by atoms with van der Waals surface area (Å²) in [6.45, 7) is 5.80. The quantitative estimate of drug-likeness (QED) is 0.695. The van der Waals surface area contributed by atoms with E-state index in [2.05, 4.69) is 13.8 Å². The number of amides is 1. The first-order valence-corrected chi connectivity index (χ1v) is 5.13. The number of nitrogens with zero attached hydrogens (tertiary/aromatic N) is 1. The van der Waals surface area contributed by atoms with E-state index in [0.717, 1.165) is 25.9 Å². The Bertz CT molecular complexity index is 180. The first-order valence-electron chi connectivity index (χ1n) is 5.13. The van der Waals surface area contributed by atoms with Gasteiger partial charge in [-0.15, -0.1) is 0 Å². The van der Waals surface area contributed by atoms with Gasteiger partial charge >= 0.3 is 0 Å². The van der Waals surface area contributed by atoms with Crippen LogP contribution in [0.15, 0.2) is 0 Å². The summed E-state index contributed by atoms with van der Waals surface area (Å²) >= 11 is 0. The summed E-state index contributed by atoms with van der Waals surface area (Å²) in [5.74, 6) is 0.718. The minimum atomic E-state index is 0.199. The summed E-state index contributed by atoms with van der Waals surface area (Å²) in [5.41, 5.74) is 5.80. The first kappa shape index (κ1) is 10.5. The zero-order valence-electron chi connectivity index (χ0n) is 8.62. The number of carbonyl (C=O) groups excluding carboxylic acids is 1. The van der Waals surface area contributed by atoms with Crippen LogP contribution >= 0.6 is 0 Å². The van der Waals surface area contributed by atoms with E-state index in [1.165, 1.54) is 0 Å². The van der Waals surface area contributed by atoms with Crippen molar-refractivity contribution in [3.63, 3.8) is 0 Å². The Labute approximate surface area is 80.3 Å². The molecule has 13 heavy (non-hydrogen) atoms. The molecule has 1 unspecified atom stereocenters. The van der Waals surface area contributed by atoms with Crippen molar-refractivity contribution in [2.75, 3.05) is 13.1 Å². The fourth-order valence-corrected chi connectivity index (χ4v) is 1.71. The number of hydrogen-bond donors (Lipinski definition) is 1. The third-order valence-electron chi connectivity index (χ3n) is 2.39. The molecule has 1 amide bonds. The minimum absolute atomic E-state index is 0.199. The molecule has 0 aromatic heterocycles. The van der Waals surface area contributed by atoms with Gasteiger partial charge in [-0.2, -0.15) is 0 Å². The third kappa shape index (κ3) is 3.35. The van der Waals surface area contributed by atoms with E-state index in [1.54, 1.807) is 0 Å². The number of rotatable bonds is 2. The van der Waals surface area contributed by atoms with Crippen LogP contribution in [0.25, 0.3) is 0 Å². The van der Waals surface area contributed by atoms with E-state index in [0.29, 0.717) is 12.3 Å². The van der Waals surface area contributed by atoms with Gasteiger partial charge in [-0.3, -0.25) is 4.79 Å². The van der Waals surface area contributed by atoms with Gasteiger partial charge in [-0.05, 0) is 18.8 Å². The SMILES string of the molecule is CC(C)CC(=O)N1CCCC(N)C1. The zero-order valence-corrected chi connectivity index (χ0v) is 8.62. The van der Waals surface area contributed by atoms with Crippen molar-refractivity contribution in [1.29, 1.82) is 0 Å². The standard InChI is InChI=1S/C10H20N2O/c1-8(2)6-10(13)12-5-3-4-9(11)7-12/h8-9H,3-7,11H2,1-2H3. The highest BCUT2D eigenvalue weighted by atomic mass is 16.2. The Hall–Kier alpha value is -0.570. The van der Waals surface area contributed by atoms with Crippen LogP contribution in [0.1, 0.15) is 33.1 Å². The summed E-state index contributed by atoms with van der Waals surface area (Å²) in [7, 11) is 0. The number of likely N-dealkylation sites (tertiary alicyclic amines) is 1. The summed E-state index contributed by atoms with van der Waals surface area (Å²) in [6, 6.07) is 0.199. The van der Waals surface area contributed by atoms with Gasteiger partial charge in [0.15, 0.2) is 0 Å². The van der Waals surface area contributed by atoms with Crippen molar-refractivity contribution in [1.82, 2.24) is 4.90 Å². The summed E-state index contributed by atoms with van der Waals surface area (Å²) in [5, 5.41) is 0. The maximum Gasteiger partial charge on any atom is 0.222 e. The maximum absolute atomic E-state index is 11.6. The van der Waals surface area contributed by atoms with E-state index in [4.69, 9.17) is 5.73 Å². The molecule has 0 aromatic carbocycles. The van der Waals surface area contributed by atoms with Gasteiger partial charge in [0, 0.05) is 25.6 Å². The number of carbonyl (C=O) groups is 1. The fourth-order valence-electron chi connectivity index (χ4n) is 1.71. The van der Waals surface area contributed by atoms with Crippen LogP contribution in [0.5, 0.6) is 0 Å². The van der Waals surface area contributed by atoms with Crippen LogP contribution < -0.4 is 5.73 Å².